The first-order valence-electron chi connectivity index (χ1n) is 5.50. The van der Waals surface area contributed by atoms with Crippen LogP contribution in [-0.4, -0.2) is 36.8 Å². The minimum Gasteiger partial charge on any atom is -0.478 e. The van der Waals surface area contributed by atoms with E-state index in [2.05, 4.69) is 17.1 Å². The standard InChI is InChI=1S/C12H16N2O2/c1-9-8-13-6-7-14(9)11-5-3-2-4-10(11)12(15)16/h2-5,9,13H,6-8H2,1H3,(H,15,16)/t9-/m1/s1. The molecule has 1 aliphatic rings. The Bertz CT molecular complexity index is 392. The van der Waals surface area contributed by atoms with E-state index in [0.29, 0.717) is 11.6 Å². The lowest BCUT2D eigenvalue weighted by Crippen LogP contribution is -2.50. The van der Waals surface area contributed by atoms with Gasteiger partial charge in [0.1, 0.15) is 0 Å². The molecule has 1 heterocycles. The number of benzene rings is 1. The van der Waals surface area contributed by atoms with Crippen molar-refractivity contribution in [3.63, 3.8) is 0 Å². The van der Waals surface area contributed by atoms with Crippen molar-refractivity contribution >= 4 is 11.7 Å². The predicted octanol–water partition coefficient (Wildman–Crippen LogP) is 1.18. The summed E-state index contributed by atoms with van der Waals surface area (Å²) in [6.07, 6.45) is 0. The van der Waals surface area contributed by atoms with Crippen LogP contribution >= 0.6 is 0 Å². The topological polar surface area (TPSA) is 52.6 Å². The number of carboxylic acids is 1. The molecule has 2 N–H and O–H groups in total. The summed E-state index contributed by atoms with van der Waals surface area (Å²) in [7, 11) is 0. The van der Waals surface area contributed by atoms with Crippen LogP contribution in [0.25, 0.3) is 0 Å². The Morgan fingerprint density at radius 1 is 1.50 bits per heavy atom. The fraction of sp³-hybridized carbons (Fsp3) is 0.417. The second kappa shape index (κ2) is 4.53. The summed E-state index contributed by atoms with van der Waals surface area (Å²) in [5, 5.41) is 12.4. The third-order valence-electron chi connectivity index (χ3n) is 2.95. The molecule has 0 bridgehead atoms. The lowest BCUT2D eigenvalue weighted by molar-refractivity contribution is 0.0697. The van der Waals surface area contributed by atoms with E-state index >= 15 is 0 Å². The summed E-state index contributed by atoms with van der Waals surface area (Å²) < 4.78 is 0. The van der Waals surface area contributed by atoms with E-state index in [1.165, 1.54) is 0 Å². The molecular formula is C12H16N2O2. The van der Waals surface area contributed by atoms with Crippen molar-refractivity contribution in [3.8, 4) is 0 Å². The van der Waals surface area contributed by atoms with Crippen LogP contribution in [0.3, 0.4) is 0 Å². The molecule has 86 valence electrons. The lowest BCUT2D eigenvalue weighted by Gasteiger charge is -2.36. The number of nitrogens with zero attached hydrogens (tertiary/aromatic N) is 1. The third kappa shape index (κ3) is 2.02. The zero-order chi connectivity index (χ0) is 11.5. The van der Waals surface area contributed by atoms with E-state index in [1.807, 2.05) is 12.1 Å². The highest BCUT2D eigenvalue weighted by molar-refractivity contribution is 5.94. The van der Waals surface area contributed by atoms with Crippen LogP contribution in [0, 0.1) is 0 Å². The van der Waals surface area contributed by atoms with Gasteiger partial charge >= 0.3 is 5.97 Å². The molecular weight excluding hydrogens is 204 g/mol. The minimum atomic E-state index is -0.860. The van der Waals surface area contributed by atoms with Gasteiger partial charge in [0.15, 0.2) is 0 Å². The Kier molecular flexibility index (Phi) is 3.10. The highest BCUT2D eigenvalue weighted by atomic mass is 16.4. The van der Waals surface area contributed by atoms with Crippen LogP contribution in [0.2, 0.25) is 0 Å². The maximum atomic E-state index is 11.1. The number of aromatic carboxylic acids is 1. The number of hydrogen-bond acceptors (Lipinski definition) is 3. The van der Waals surface area contributed by atoms with Gasteiger partial charge in [0.25, 0.3) is 0 Å². The molecule has 0 saturated carbocycles. The lowest BCUT2D eigenvalue weighted by atomic mass is 10.1. The first-order valence-corrected chi connectivity index (χ1v) is 5.50. The molecule has 4 nitrogen and oxygen atoms in total. The zero-order valence-corrected chi connectivity index (χ0v) is 9.31. The van der Waals surface area contributed by atoms with E-state index in [1.54, 1.807) is 12.1 Å². The van der Waals surface area contributed by atoms with Gasteiger partial charge in [-0.05, 0) is 19.1 Å². The van der Waals surface area contributed by atoms with Gasteiger partial charge in [-0.15, -0.1) is 0 Å². The molecule has 0 unspecified atom stereocenters. The SMILES string of the molecule is C[C@@H]1CNCCN1c1ccccc1C(=O)O. The van der Waals surface area contributed by atoms with Crippen molar-refractivity contribution in [2.75, 3.05) is 24.5 Å². The number of hydrogen-bond donors (Lipinski definition) is 2. The Morgan fingerprint density at radius 3 is 2.94 bits per heavy atom. The number of rotatable bonds is 2. The molecule has 0 amide bonds. The van der Waals surface area contributed by atoms with Crippen molar-refractivity contribution in [1.82, 2.24) is 5.32 Å². The van der Waals surface area contributed by atoms with E-state index in [0.717, 1.165) is 25.3 Å². The maximum Gasteiger partial charge on any atom is 0.337 e. The van der Waals surface area contributed by atoms with E-state index < -0.39 is 5.97 Å². The molecule has 1 atom stereocenters. The number of anilines is 1. The second-order valence-electron chi connectivity index (χ2n) is 4.07. The van der Waals surface area contributed by atoms with Crippen molar-refractivity contribution < 1.29 is 9.90 Å². The van der Waals surface area contributed by atoms with Crippen LogP contribution < -0.4 is 10.2 Å². The molecule has 2 rings (SSSR count). The van der Waals surface area contributed by atoms with Crippen LogP contribution in [0.1, 0.15) is 17.3 Å². The summed E-state index contributed by atoms with van der Waals surface area (Å²) in [4.78, 5) is 13.3. The molecule has 0 radical (unpaired) electrons. The molecule has 1 aromatic rings. The maximum absolute atomic E-state index is 11.1. The smallest absolute Gasteiger partial charge is 0.337 e. The molecule has 16 heavy (non-hydrogen) atoms. The average molecular weight is 220 g/mol. The largest absolute Gasteiger partial charge is 0.478 e. The van der Waals surface area contributed by atoms with E-state index in [4.69, 9.17) is 5.11 Å². The fourth-order valence-corrected chi connectivity index (χ4v) is 2.10. The third-order valence-corrected chi connectivity index (χ3v) is 2.95. The summed E-state index contributed by atoms with van der Waals surface area (Å²) >= 11 is 0. The van der Waals surface area contributed by atoms with Crippen molar-refractivity contribution in [2.45, 2.75) is 13.0 Å². The van der Waals surface area contributed by atoms with Crippen LogP contribution in [-0.2, 0) is 0 Å². The summed E-state index contributed by atoms with van der Waals surface area (Å²) in [5.74, 6) is -0.860. The molecule has 0 spiro atoms. The van der Waals surface area contributed by atoms with Gasteiger partial charge in [-0.1, -0.05) is 12.1 Å². The molecule has 0 aromatic heterocycles. The fourth-order valence-electron chi connectivity index (χ4n) is 2.10. The second-order valence-corrected chi connectivity index (χ2v) is 4.07. The van der Waals surface area contributed by atoms with Gasteiger partial charge in [0.05, 0.1) is 11.3 Å². The number of para-hydroxylation sites is 1. The Balaban J connectivity index is 2.34. The average Bonchev–Trinajstić information content (AvgIpc) is 2.29. The van der Waals surface area contributed by atoms with Crippen molar-refractivity contribution in [2.24, 2.45) is 0 Å². The number of carboxylic acid groups (broad SMARTS) is 1. The molecule has 0 aliphatic carbocycles. The van der Waals surface area contributed by atoms with Crippen molar-refractivity contribution in [3.05, 3.63) is 29.8 Å². The molecule has 1 saturated heterocycles. The Morgan fingerprint density at radius 2 is 2.25 bits per heavy atom. The number of piperazine rings is 1. The van der Waals surface area contributed by atoms with E-state index in [-0.39, 0.29) is 0 Å². The van der Waals surface area contributed by atoms with Gasteiger partial charge in [0, 0.05) is 25.7 Å². The monoisotopic (exact) mass is 220 g/mol. The van der Waals surface area contributed by atoms with Crippen LogP contribution in [0.4, 0.5) is 5.69 Å². The van der Waals surface area contributed by atoms with Gasteiger partial charge in [0.2, 0.25) is 0 Å². The molecule has 1 aromatic carbocycles. The highest BCUT2D eigenvalue weighted by Gasteiger charge is 2.22. The molecule has 1 aliphatic heterocycles. The van der Waals surface area contributed by atoms with Crippen LogP contribution in [0.15, 0.2) is 24.3 Å². The van der Waals surface area contributed by atoms with Crippen molar-refractivity contribution in [1.29, 1.82) is 0 Å². The van der Waals surface area contributed by atoms with Gasteiger partial charge < -0.3 is 15.3 Å². The Hall–Kier alpha value is -1.55. The quantitative estimate of drug-likeness (QED) is 0.786. The van der Waals surface area contributed by atoms with Crippen LogP contribution in [0.5, 0.6) is 0 Å². The number of carbonyl (C=O) groups is 1. The summed E-state index contributed by atoms with van der Waals surface area (Å²) in [5.41, 5.74) is 1.21. The Labute approximate surface area is 94.9 Å². The van der Waals surface area contributed by atoms with Gasteiger partial charge in [-0.25, -0.2) is 4.79 Å². The zero-order valence-electron chi connectivity index (χ0n) is 9.31. The van der Waals surface area contributed by atoms with E-state index in [9.17, 15) is 4.79 Å². The highest BCUT2D eigenvalue weighted by Crippen LogP contribution is 2.23. The predicted molar refractivity (Wildman–Crippen MR) is 63.1 cm³/mol. The van der Waals surface area contributed by atoms with Gasteiger partial charge in [-0.3, -0.25) is 0 Å². The summed E-state index contributed by atoms with van der Waals surface area (Å²) in [6.45, 7) is 4.75. The molecule has 4 heteroatoms. The normalized spacial score (nSPS) is 20.8. The minimum absolute atomic E-state index is 0.328. The molecule has 1 fully saturated rings. The first kappa shape index (κ1) is 11.0. The summed E-state index contributed by atoms with van der Waals surface area (Å²) in [6, 6.07) is 7.52. The number of nitrogens with one attached hydrogen (secondary N) is 1. The first-order chi connectivity index (χ1) is 7.70. The van der Waals surface area contributed by atoms with Gasteiger partial charge in [-0.2, -0.15) is 0 Å².